The number of carbonyl (C=O) groups excluding carboxylic acids is 3. The predicted octanol–water partition coefficient (Wildman–Crippen LogP) is 6.98. The first kappa shape index (κ1) is 32.0. The van der Waals surface area contributed by atoms with Crippen LogP contribution in [-0.2, 0) is 14.6 Å². The molecule has 4 aromatic carbocycles. The number of carbonyl (C=O) groups is 3. The van der Waals surface area contributed by atoms with Crippen molar-refractivity contribution in [1.29, 1.82) is 0 Å². The number of rotatable bonds is 8. The maximum absolute atomic E-state index is 13.7. The molecule has 8 nitrogen and oxygen atoms in total. The second-order valence-electron chi connectivity index (χ2n) is 10.0. The quantitative estimate of drug-likeness (QED) is 0.202. The van der Waals surface area contributed by atoms with Gasteiger partial charge in [0.15, 0.2) is 9.84 Å². The van der Waals surface area contributed by atoms with Crippen LogP contribution in [-0.4, -0.2) is 50.2 Å². The molecule has 0 fully saturated rings. The van der Waals surface area contributed by atoms with Crippen molar-refractivity contribution in [2.45, 2.75) is 17.2 Å². The molecule has 1 heterocycles. The highest BCUT2D eigenvalue weighted by Gasteiger charge is 2.38. The summed E-state index contributed by atoms with van der Waals surface area (Å²) >= 11 is 12.9. The monoisotopic (exact) mass is 676 g/mol. The molecule has 3 amide bonds. The number of alkyl halides is 3. The Bertz CT molecular complexity index is 1890. The van der Waals surface area contributed by atoms with E-state index in [2.05, 4.69) is 10.1 Å². The molecule has 0 saturated heterocycles. The lowest BCUT2D eigenvalue weighted by Crippen LogP contribution is -2.38. The Morgan fingerprint density at radius 2 is 1.38 bits per heavy atom. The van der Waals surface area contributed by atoms with E-state index in [1.165, 1.54) is 66.7 Å². The first-order valence-electron chi connectivity index (χ1n) is 13.0. The molecule has 0 aromatic heterocycles. The molecule has 1 aliphatic rings. The van der Waals surface area contributed by atoms with Gasteiger partial charge in [-0.1, -0.05) is 65.7 Å². The van der Waals surface area contributed by atoms with Gasteiger partial charge in [0.2, 0.25) is 5.91 Å². The number of benzene rings is 4. The fourth-order valence-electron chi connectivity index (χ4n) is 4.89. The Hall–Kier alpha value is -4.39. The van der Waals surface area contributed by atoms with Gasteiger partial charge in [0.05, 0.1) is 32.0 Å². The van der Waals surface area contributed by atoms with Crippen molar-refractivity contribution < 1.29 is 40.7 Å². The van der Waals surface area contributed by atoms with Crippen LogP contribution in [0, 0.1) is 0 Å². The summed E-state index contributed by atoms with van der Waals surface area (Å²) in [5.41, 5.74) is 0.694. The van der Waals surface area contributed by atoms with E-state index in [1.54, 1.807) is 12.1 Å². The highest BCUT2D eigenvalue weighted by molar-refractivity contribution is 7.90. The lowest BCUT2D eigenvalue weighted by Gasteiger charge is -2.23. The van der Waals surface area contributed by atoms with E-state index in [4.69, 9.17) is 23.2 Å². The minimum atomic E-state index is -4.98. The number of hydrogen-bond acceptors (Lipinski definition) is 6. The van der Waals surface area contributed by atoms with Gasteiger partial charge in [0.25, 0.3) is 11.8 Å². The molecule has 0 saturated carbocycles. The number of imide groups is 1. The van der Waals surface area contributed by atoms with Crippen LogP contribution in [0.3, 0.4) is 0 Å². The highest BCUT2D eigenvalue weighted by atomic mass is 35.5. The SMILES string of the molecule is CS(=O)(=O)c1ccc(C(CN2C(=O)c3ccccc3C2=O)C(=O)Nc2cc(Cl)c(-c3ccccc3OC(F)(F)F)c(Cl)c2)cc1. The van der Waals surface area contributed by atoms with E-state index < -0.39 is 52.1 Å². The third-order valence-electron chi connectivity index (χ3n) is 6.96. The molecule has 1 aliphatic heterocycles. The number of para-hydroxylation sites is 1. The van der Waals surface area contributed by atoms with Gasteiger partial charge >= 0.3 is 6.36 Å². The van der Waals surface area contributed by atoms with Gasteiger partial charge in [-0.05, 0) is 48.0 Å². The fourth-order valence-corrected chi connectivity index (χ4v) is 6.21. The molecule has 0 spiro atoms. The lowest BCUT2D eigenvalue weighted by atomic mass is 9.97. The van der Waals surface area contributed by atoms with Crippen LogP contribution in [0.15, 0.2) is 89.8 Å². The Kier molecular flexibility index (Phi) is 8.67. The summed E-state index contributed by atoms with van der Waals surface area (Å²) in [5.74, 6) is -3.63. The summed E-state index contributed by atoms with van der Waals surface area (Å²) in [6.07, 6.45) is -3.95. The minimum Gasteiger partial charge on any atom is -0.405 e. The van der Waals surface area contributed by atoms with Crippen LogP contribution < -0.4 is 10.1 Å². The predicted molar refractivity (Wildman–Crippen MR) is 161 cm³/mol. The molecular formula is C31H21Cl2F3N2O6S. The van der Waals surface area contributed by atoms with Crippen molar-refractivity contribution in [2.75, 3.05) is 18.1 Å². The Balaban J connectivity index is 1.48. The summed E-state index contributed by atoms with van der Waals surface area (Å²) in [7, 11) is -3.56. The van der Waals surface area contributed by atoms with Gasteiger partial charge < -0.3 is 10.1 Å². The van der Waals surface area contributed by atoms with E-state index in [9.17, 15) is 36.0 Å². The van der Waals surface area contributed by atoms with Crippen molar-refractivity contribution in [3.05, 3.63) is 112 Å². The zero-order valence-electron chi connectivity index (χ0n) is 23.1. The number of ether oxygens (including phenoxy) is 1. The number of fused-ring (bicyclic) bond motifs is 1. The average molecular weight is 677 g/mol. The number of nitrogens with zero attached hydrogens (tertiary/aromatic N) is 1. The van der Waals surface area contributed by atoms with Crippen molar-refractivity contribution in [1.82, 2.24) is 4.90 Å². The van der Waals surface area contributed by atoms with E-state index in [0.29, 0.717) is 5.56 Å². The van der Waals surface area contributed by atoms with Crippen LogP contribution in [0.25, 0.3) is 11.1 Å². The topological polar surface area (TPSA) is 110 Å². The van der Waals surface area contributed by atoms with Crippen molar-refractivity contribution >= 4 is 56.4 Å². The van der Waals surface area contributed by atoms with Gasteiger partial charge in [0.1, 0.15) is 5.75 Å². The summed E-state index contributed by atoms with van der Waals surface area (Å²) in [5, 5.41) is 2.42. The van der Waals surface area contributed by atoms with Crippen LogP contribution in [0.4, 0.5) is 18.9 Å². The van der Waals surface area contributed by atoms with Crippen molar-refractivity contribution in [3.8, 4) is 16.9 Å². The number of hydrogen-bond donors (Lipinski definition) is 1. The summed E-state index contributed by atoms with van der Waals surface area (Å²) in [4.78, 5) is 40.9. The Labute approximate surface area is 265 Å². The number of anilines is 1. The molecule has 0 aliphatic carbocycles. The molecule has 14 heteroatoms. The largest absolute Gasteiger partial charge is 0.573 e. The van der Waals surface area contributed by atoms with Crippen LogP contribution >= 0.6 is 23.2 Å². The fraction of sp³-hybridized carbons (Fsp3) is 0.129. The zero-order valence-corrected chi connectivity index (χ0v) is 25.4. The van der Waals surface area contributed by atoms with Gasteiger partial charge in [-0.25, -0.2) is 8.42 Å². The second kappa shape index (κ2) is 12.2. The molecule has 4 aromatic rings. The first-order valence-corrected chi connectivity index (χ1v) is 15.7. The molecule has 0 radical (unpaired) electrons. The van der Waals surface area contributed by atoms with E-state index in [1.807, 2.05) is 0 Å². The third kappa shape index (κ3) is 6.82. The summed E-state index contributed by atoms with van der Waals surface area (Å²) in [6.45, 7) is -0.391. The van der Waals surface area contributed by atoms with Crippen molar-refractivity contribution in [3.63, 3.8) is 0 Å². The minimum absolute atomic E-state index is 0.00456. The van der Waals surface area contributed by atoms with Gasteiger partial charge in [-0.15, -0.1) is 13.2 Å². The molecular weight excluding hydrogens is 656 g/mol. The zero-order chi connectivity index (χ0) is 32.7. The van der Waals surface area contributed by atoms with Gasteiger partial charge in [-0.3, -0.25) is 19.3 Å². The van der Waals surface area contributed by atoms with E-state index in [0.717, 1.165) is 17.2 Å². The Morgan fingerprint density at radius 3 is 1.89 bits per heavy atom. The second-order valence-corrected chi connectivity index (χ2v) is 12.8. The van der Waals surface area contributed by atoms with E-state index >= 15 is 0 Å². The number of halogens is 5. The third-order valence-corrected chi connectivity index (χ3v) is 8.69. The molecule has 45 heavy (non-hydrogen) atoms. The maximum Gasteiger partial charge on any atom is 0.573 e. The van der Waals surface area contributed by atoms with Crippen LogP contribution in [0.5, 0.6) is 5.75 Å². The standard InChI is InChI=1S/C31H21Cl2F3N2O6S/c1-45(42,43)19-12-10-17(11-13-19)23(16-38-29(40)20-6-2-3-7-21(20)30(38)41)28(39)37-18-14-24(32)27(25(33)15-18)22-8-4-5-9-26(22)44-31(34,35)36/h2-15,23H,16H2,1H3,(H,37,39). The summed E-state index contributed by atoms with van der Waals surface area (Å²) in [6, 6.07) is 19.4. The highest BCUT2D eigenvalue weighted by Crippen LogP contribution is 2.43. The number of sulfone groups is 1. The van der Waals surface area contributed by atoms with Gasteiger partial charge in [-0.2, -0.15) is 0 Å². The molecule has 1 N–H and O–H groups in total. The first-order chi connectivity index (χ1) is 21.1. The van der Waals surface area contributed by atoms with Crippen LogP contribution in [0.2, 0.25) is 10.0 Å². The molecule has 232 valence electrons. The average Bonchev–Trinajstić information content (AvgIpc) is 3.20. The van der Waals surface area contributed by atoms with Gasteiger partial charge in [0, 0.05) is 29.6 Å². The van der Waals surface area contributed by atoms with E-state index in [-0.39, 0.29) is 42.9 Å². The number of nitrogens with one attached hydrogen (secondary N) is 1. The van der Waals surface area contributed by atoms with Crippen molar-refractivity contribution in [2.24, 2.45) is 0 Å². The lowest BCUT2D eigenvalue weighted by molar-refractivity contribution is -0.274. The molecule has 1 unspecified atom stereocenters. The maximum atomic E-state index is 13.7. The normalized spacial score (nSPS) is 13.9. The summed E-state index contributed by atoms with van der Waals surface area (Å²) < 4.78 is 67.1. The Morgan fingerprint density at radius 1 is 0.867 bits per heavy atom. The van der Waals surface area contributed by atoms with Crippen LogP contribution in [0.1, 0.15) is 32.2 Å². The molecule has 5 rings (SSSR count). The number of amides is 3. The smallest absolute Gasteiger partial charge is 0.405 e. The molecule has 0 bridgehead atoms. The molecule has 1 atom stereocenters.